The smallest absolute Gasteiger partial charge is 0.223 e. The van der Waals surface area contributed by atoms with Crippen LogP contribution in [0, 0.1) is 11.8 Å². The molecule has 2 rings (SSSR count). The maximum Gasteiger partial charge on any atom is 0.223 e. The van der Waals surface area contributed by atoms with Gasteiger partial charge in [0.15, 0.2) is 0 Å². The summed E-state index contributed by atoms with van der Waals surface area (Å²) in [7, 11) is 1.64. The van der Waals surface area contributed by atoms with Crippen molar-refractivity contribution in [2.75, 3.05) is 20.2 Å². The van der Waals surface area contributed by atoms with E-state index < -0.39 is 0 Å². The van der Waals surface area contributed by atoms with Gasteiger partial charge in [0, 0.05) is 12.5 Å². The second-order valence-electron chi connectivity index (χ2n) is 4.77. The number of nitrogens with one attached hydrogen (secondary N) is 2. The molecule has 1 fully saturated rings. The molecular formula is C14H21ClN2O2. The minimum Gasteiger partial charge on any atom is -0.497 e. The monoisotopic (exact) mass is 284 g/mol. The fraction of sp³-hybridized carbons (Fsp3) is 0.500. The van der Waals surface area contributed by atoms with E-state index in [0.717, 1.165) is 24.4 Å². The molecule has 1 aromatic rings. The van der Waals surface area contributed by atoms with Crippen LogP contribution in [0.2, 0.25) is 0 Å². The average Bonchev–Trinajstić information content (AvgIpc) is 2.34. The van der Waals surface area contributed by atoms with Crippen molar-refractivity contribution in [1.29, 1.82) is 0 Å². The van der Waals surface area contributed by atoms with Crippen LogP contribution in [0.1, 0.15) is 12.5 Å². The summed E-state index contributed by atoms with van der Waals surface area (Å²) in [6.45, 7) is 4.48. The Bertz CT molecular complexity index is 404. The Morgan fingerprint density at radius 2 is 2.05 bits per heavy atom. The van der Waals surface area contributed by atoms with Crippen LogP contribution in [0.5, 0.6) is 5.75 Å². The van der Waals surface area contributed by atoms with Gasteiger partial charge in [0.1, 0.15) is 5.75 Å². The molecule has 1 saturated heterocycles. The highest BCUT2D eigenvalue weighted by Crippen LogP contribution is 2.16. The van der Waals surface area contributed by atoms with Crippen LogP contribution in [0.25, 0.3) is 0 Å². The first-order chi connectivity index (χ1) is 8.70. The number of amides is 1. The van der Waals surface area contributed by atoms with Crippen LogP contribution in [-0.2, 0) is 11.3 Å². The highest BCUT2D eigenvalue weighted by molar-refractivity contribution is 5.85. The fourth-order valence-electron chi connectivity index (χ4n) is 1.97. The molecular weight excluding hydrogens is 264 g/mol. The van der Waals surface area contributed by atoms with Gasteiger partial charge < -0.3 is 15.4 Å². The number of benzene rings is 1. The number of hydrogen-bond acceptors (Lipinski definition) is 3. The van der Waals surface area contributed by atoms with Crippen molar-refractivity contribution in [3.8, 4) is 5.75 Å². The number of hydrogen-bond donors (Lipinski definition) is 2. The summed E-state index contributed by atoms with van der Waals surface area (Å²) in [5.74, 6) is 1.54. The van der Waals surface area contributed by atoms with Crippen molar-refractivity contribution >= 4 is 18.3 Å². The van der Waals surface area contributed by atoms with Gasteiger partial charge in [-0.2, -0.15) is 0 Å². The second-order valence-corrected chi connectivity index (χ2v) is 4.77. The highest BCUT2D eigenvalue weighted by Gasteiger charge is 2.28. The number of rotatable bonds is 5. The van der Waals surface area contributed by atoms with E-state index in [1.165, 1.54) is 0 Å². The Hall–Kier alpha value is -1.26. The quantitative estimate of drug-likeness (QED) is 0.863. The SMILES string of the molecule is COc1ccc(CNC(=O)C(C)C2CNC2)cc1.Cl. The summed E-state index contributed by atoms with van der Waals surface area (Å²) in [6.07, 6.45) is 0. The molecule has 1 amide bonds. The number of ether oxygens (including phenoxy) is 1. The first kappa shape index (κ1) is 15.8. The molecule has 0 aromatic heterocycles. The highest BCUT2D eigenvalue weighted by atomic mass is 35.5. The Morgan fingerprint density at radius 1 is 1.42 bits per heavy atom. The van der Waals surface area contributed by atoms with Gasteiger partial charge in [-0.3, -0.25) is 4.79 Å². The Morgan fingerprint density at radius 3 is 2.53 bits per heavy atom. The Balaban J connectivity index is 0.00000180. The van der Waals surface area contributed by atoms with Gasteiger partial charge in [0.25, 0.3) is 0 Å². The molecule has 0 bridgehead atoms. The molecule has 1 unspecified atom stereocenters. The van der Waals surface area contributed by atoms with E-state index in [9.17, 15) is 4.79 Å². The Labute approximate surface area is 120 Å². The lowest BCUT2D eigenvalue weighted by Crippen LogP contribution is -2.49. The molecule has 1 aliphatic heterocycles. The van der Waals surface area contributed by atoms with E-state index in [4.69, 9.17) is 4.74 Å². The lowest BCUT2D eigenvalue weighted by Gasteiger charge is -2.31. The van der Waals surface area contributed by atoms with Crippen LogP contribution in [-0.4, -0.2) is 26.1 Å². The fourth-order valence-corrected chi connectivity index (χ4v) is 1.97. The Kier molecular flexibility index (Phi) is 6.12. The normalized spacial score (nSPS) is 15.9. The van der Waals surface area contributed by atoms with E-state index in [1.807, 2.05) is 31.2 Å². The van der Waals surface area contributed by atoms with Crippen LogP contribution in [0.15, 0.2) is 24.3 Å². The number of carbonyl (C=O) groups excluding carboxylic acids is 1. The van der Waals surface area contributed by atoms with Gasteiger partial charge >= 0.3 is 0 Å². The third-order valence-electron chi connectivity index (χ3n) is 3.56. The number of methoxy groups -OCH3 is 1. The van der Waals surface area contributed by atoms with Gasteiger partial charge in [0.2, 0.25) is 5.91 Å². The maximum absolute atomic E-state index is 11.9. The molecule has 0 aliphatic carbocycles. The minimum absolute atomic E-state index is 0. The molecule has 5 heteroatoms. The standard InChI is InChI=1S/C14H20N2O2.ClH/c1-10(12-8-15-9-12)14(17)16-7-11-3-5-13(18-2)6-4-11;/h3-6,10,12,15H,7-9H2,1-2H3,(H,16,17);1H. The molecule has 0 radical (unpaired) electrons. The molecule has 1 aromatic carbocycles. The van der Waals surface area contributed by atoms with Crippen molar-refractivity contribution in [1.82, 2.24) is 10.6 Å². The number of halogens is 1. The third kappa shape index (κ3) is 4.11. The molecule has 2 N–H and O–H groups in total. The van der Waals surface area contributed by atoms with E-state index in [1.54, 1.807) is 7.11 Å². The summed E-state index contributed by atoms with van der Waals surface area (Å²) < 4.78 is 5.09. The van der Waals surface area contributed by atoms with Crippen LogP contribution in [0.4, 0.5) is 0 Å². The zero-order valence-electron chi connectivity index (χ0n) is 11.3. The van der Waals surface area contributed by atoms with E-state index in [-0.39, 0.29) is 24.2 Å². The molecule has 1 heterocycles. The molecule has 4 nitrogen and oxygen atoms in total. The summed E-state index contributed by atoms with van der Waals surface area (Å²) in [5, 5.41) is 6.17. The summed E-state index contributed by atoms with van der Waals surface area (Å²) in [5.41, 5.74) is 1.09. The first-order valence-corrected chi connectivity index (χ1v) is 6.32. The molecule has 0 saturated carbocycles. The van der Waals surface area contributed by atoms with E-state index in [0.29, 0.717) is 12.5 Å². The second kappa shape index (κ2) is 7.36. The molecule has 0 spiro atoms. The third-order valence-corrected chi connectivity index (χ3v) is 3.56. The summed E-state index contributed by atoms with van der Waals surface area (Å²) in [4.78, 5) is 11.9. The largest absolute Gasteiger partial charge is 0.497 e. The van der Waals surface area contributed by atoms with Crippen molar-refractivity contribution < 1.29 is 9.53 Å². The first-order valence-electron chi connectivity index (χ1n) is 6.32. The van der Waals surface area contributed by atoms with Gasteiger partial charge in [-0.15, -0.1) is 12.4 Å². The van der Waals surface area contributed by atoms with E-state index in [2.05, 4.69) is 10.6 Å². The van der Waals surface area contributed by atoms with Gasteiger partial charge in [-0.05, 0) is 36.7 Å². The van der Waals surface area contributed by atoms with Crippen molar-refractivity contribution in [3.05, 3.63) is 29.8 Å². The predicted molar refractivity (Wildman–Crippen MR) is 77.6 cm³/mol. The number of carbonyl (C=O) groups is 1. The average molecular weight is 285 g/mol. The van der Waals surface area contributed by atoms with Gasteiger partial charge in [-0.1, -0.05) is 19.1 Å². The summed E-state index contributed by atoms with van der Waals surface area (Å²) in [6, 6.07) is 7.74. The molecule has 1 aliphatic rings. The molecule has 106 valence electrons. The zero-order valence-corrected chi connectivity index (χ0v) is 12.1. The lowest BCUT2D eigenvalue weighted by molar-refractivity contribution is -0.126. The predicted octanol–water partition coefficient (Wildman–Crippen LogP) is 1.59. The topological polar surface area (TPSA) is 50.4 Å². The lowest BCUT2D eigenvalue weighted by atomic mass is 9.88. The van der Waals surface area contributed by atoms with Crippen molar-refractivity contribution in [3.63, 3.8) is 0 Å². The maximum atomic E-state index is 11.9. The minimum atomic E-state index is 0. The van der Waals surface area contributed by atoms with Gasteiger partial charge in [0.05, 0.1) is 7.11 Å². The van der Waals surface area contributed by atoms with Gasteiger partial charge in [-0.25, -0.2) is 0 Å². The van der Waals surface area contributed by atoms with Crippen LogP contribution >= 0.6 is 12.4 Å². The molecule has 19 heavy (non-hydrogen) atoms. The van der Waals surface area contributed by atoms with Crippen molar-refractivity contribution in [2.45, 2.75) is 13.5 Å². The molecule has 1 atom stereocenters. The van der Waals surface area contributed by atoms with Crippen LogP contribution < -0.4 is 15.4 Å². The van der Waals surface area contributed by atoms with E-state index >= 15 is 0 Å². The zero-order chi connectivity index (χ0) is 13.0. The summed E-state index contributed by atoms with van der Waals surface area (Å²) >= 11 is 0. The van der Waals surface area contributed by atoms with Crippen LogP contribution in [0.3, 0.4) is 0 Å². The van der Waals surface area contributed by atoms with Crippen molar-refractivity contribution in [2.24, 2.45) is 11.8 Å².